The normalized spacial score (nSPS) is 14.2. The molecule has 0 saturated carbocycles. The number of hydrogen-bond donors (Lipinski definition) is 2. The van der Waals surface area contributed by atoms with Crippen molar-refractivity contribution in [3.05, 3.63) is 120 Å². The van der Waals surface area contributed by atoms with Gasteiger partial charge in [0.25, 0.3) is 11.5 Å². The smallest absolute Gasteiger partial charge is 0.369 e. The van der Waals surface area contributed by atoms with Gasteiger partial charge in [0.15, 0.2) is 5.65 Å². The molecule has 0 saturated heterocycles. The topological polar surface area (TPSA) is 75.1 Å². The van der Waals surface area contributed by atoms with E-state index in [1.54, 1.807) is 30.5 Å². The van der Waals surface area contributed by atoms with Crippen molar-refractivity contribution in [1.82, 2.24) is 15.3 Å². The predicted molar refractivity (Wildman–Crippen MR) is 148 cm³/mol. The highest BCUT2D eigenvalue weighted by Gasteiger charge is 2.61. The number of halogens is 7. The Morgan fingerprint density at radius 3 is 2.09 bits per heavy atom. The SMILES string of the molecule is C[C@H](NC(=O)C(O)(c1ccc(-c2ccc3cccnc3n2)cc1)C(F)(F)F)c1ccc(-c2ccc(F)c(C(F)(F)F)c2)cc1. The van der Waals surface area contributed by atoms with Crippen molar-refractivity contribution in [3.63, 3.8) is 0 Å². The minimum atomic E-state index is -5.40. The second kappa shape index (κ2) is 11.3. The minimum absolute atomic E-state index is 0.0620. The molecule has 2 heterocycles. The Labute approximate surface area is 246 Å². The van der Waals surface area contributed by atoms with E-state index in [0.29, 0.717) is 34.6 Å². The molecule has 5 rings (SSSR count). The molecule has 0 aliphatic carbocycles. The van der Waals surface area contributed by atoms with E-state index in [4.69, 9.17) is 0 Å². The van der Waals surface area contributed by atoms with Crippen LogP contribution in [-0.2, 0) is 16.6 Å². The van der Waals surface area contributed by atoms with Crippen LogP contribution in [0, 0.1) is 5.82 Å². The summed E-state index contributed by atoms with van der Waals surface area (Å²) >= 11 is 0. The van der Waals surface area contributed by atoms with E-state index in [-0.39, 0.29) is 11.1 Å². The van der Waals surface area contributed by atoms with Gasteiger partial charge in [0.1, 0.15) is 5.82 Å². The number of carbonyl (C=O) groups is 1. The molecule has 2 atom stereocenters. The molecule has 2 aromatic heterocycles. The first kappa shape index (κ1) is 30.6. The van der Waals surface area contributed by atoms with Crippen LogP contribution in [0.2, 0.25) is 0 Å². The van der Waals surface area contributed by atoms with Crippen LogP contribution in [0.15, 0.2) is 97.2 Å². The van der Waals surface area contributed by atoms with E-state index < -0.39 is 46.8 Å². The lowest BCUT2D eigenvalue weighted by Gasteiger charge is -2.31. The molecule has 0 bridgehead atoms. The van der Waals surface area contributed by atoms with Crippen LogP contribution in [0.3, 0.4) is 0 Å². The Hall–Kier alpha value is -4.84. The van der Waals surface area contributed by atoms with E-state index in [1.807, 2.05) is 0 Å². The molecule has 12 heteroatoms. The summed E-state index contributed by atoms with van der Waals surface area (Å²) in [5.74, 6) is -3.15. The summed E-state index contributed by atoms with van der Waals surface area (Å²) in [6, 6.07) is 18.6. The van der Waals surface area contributed by atoms with Crippen LogP contribution >= 0.6 is 0 Å². The van der Waals surface area contributed by atoms with Gasteiger partial charge < -0.3 is 10.4 Å². The minimum Gasteiger partial charge on any atom is -0.369 e. The number of nitrogens with one attached hydrogen (secondary N) is 1. The Balaban J connectivity index is 1.36. The fourth-order valence-corrected chi connectivity index (χ4v) is 4.69. The van der Waals surface area contributed by atoms with Gasteiger partial charge in [-0.1, -0.05) is 54.6 Å². The zero-order valence-corrected chi connectivity index (χ0v) is 22.7. The number of alkyl halides is 6. The zero-order chi connectivity index (χ0) is 31.9. The van der Waals surface area contributed by atoms with E-state index in [2.05, 4.69) is 15.3 Å². The first-order valence-corrected chi connectivity index (χ1v) is 13.1. The lowest BCUT2D eigenvalue weighted by atomic mass is 9.90. The molecule has 5 nitrogen and oxygen atoms in total. The summed E-state index contributed by atoms with van der Waals surface area (Å²) < 4.78 is 95.7. The van der Waals surface area contributed by atoms with Crippen molar-refractivity contribution in [2.24, 2.45) is 0 Å². The molecule has 1 amide bonds. The van der Waals surface area contributed by atoms with Crippen molar-refractivity contribution in [3.8, 4) is 22.4 Å². The van der Waals surface area contributed by atoms with Crippen LogP contribution in [-0.4, -0.2) is 27.2 Å². The number of aliphatic hydroxyl groups is 1. The molecule has 0 fully saturated rings. The number of fused-ring (bicyclic) bond motifs is 1. The van der Waals surface area contributed by atoms with Crippen LogP contribution in [0.25, 0.3) is 33.4 Å². The molecular formula is C32H22F7N3O2. The van der Waals surface area contributed by atoms with Crippen LogP contribution in [0.1, 0.15) is 29.7 Å². The number of rotatable bonds is 6. The van der Waals surface area contributed by atoms with Crippen LogP contribution < -0.4 is 5.32 Å². The number of hydrogen-bond acceptors (Lipinski definition) is 4. The fourth-order valence-electron chi connectivity index (χ4n) is 4.69. The molecular weight excluding hydrogens is 591 g/mol. The number of nitrogens with zero attached hydrogens (tertiary/aromatic N) is 2. The predicted octanol–water partition coefficient (Wildman–Crippen LogP) is 7.75. The van der Waals surface area contributed by atoms with Gasteiger partial charge in [-0.05, 0) is 60.0 Å². The lowest BCUT2D eigenvalue weighted by molar-refractivity contribution is -0.257. The second-order valence-electron chi connectivity index (χ2n) is 10.0. The molecule has 3 aromatic carbocycles. The summed E-state index contributed by atoms with van der Waals surface area (Å²) in [5.41, 5.74) is -4.12. The van der Waals surface area contributed by atoms with Crippen molar-refractivity contribution in [1.29, 1.82) is 0 Å². The molecule has 2 N–H and O–H groups in total. The number of carbonyl (C=O) groups excluding carboxylic acids is 1. The first-order valence-electron chi connectivity index (χ1n) is 13.1. The molecule has 5 aromatic rings. The Kier molecular flexibility index (Phi) is 7.89. The molecule has 1 unspecified atom stereocenters. The van der Waals surface area contributed by atoms with Gasteiger partial charge in [-0.2, -0.15) is 26.3 Å². The Bertz CT molecular complexity index is 1820. The summed E-state index contributed by atoms with van der Waals surface area (Å²) in [5, 5.41) is 13.8. The maximum Gasteiger partial charge on any atom is 0.430 e. The largest absolute Gasteiger partial charge is 0.430 e. The quantitative estimate of drug-likeness (QED) is 0.192. The summed E-state index contributed by atoms with van der Waals surface area (Å²) in [6.45, 7) is 1.38. The molecule has 226 valence electrons. The third-order valence-corrected chi connectivity index (χ3v) is 7.16. The number of amides is 1. The van der Waals surface area contributed by atoms with Crippen LogP contribution in [0.4, 0.5) is 30.7 Å². The van der Waals surface area contributed by atoms with Crippen molar-refractivity contribution in [2.75, 3.05) is 0 Å². The van der Waals surface area contributed by atoms with Gasteiger partial charge in [0, 0.05) is 22.7 Å². The zero-order valence-electron chi connectivity index (χ0n) is 22.7. The van der Waals surface area contributed by atoms with Gasteiger partial charge in [-0.3, -0.25) is 4.79 Å². The van der Waals surface area contributed by atoms with Crippen molar-refractivity contribution < 1.29 is 40.6 Å². The van der Waals surface area contributed by atoms with Crippen molar-refractivity contribution >= 4 is 16.9 Å². The lowest BCUT2D eigenvalue weighted by Crippen LogP contribution is -2.54. The molecule has 0 radical (unpaired) electrons. The standard InChI is InChI=1S/C32H22F7N3O2/c1-18(19-4-6-20(7-5-19)23-10-14-26(33)25(17-23)31(34,35)36)41-29(43)30(44,32(37,38)39)24-12-8-21(9-13-24)27-15-11-22-3-2-16-40-28(22)42-27/h2-18,44H,1H3,(H,41,43)/t18-,30?/m0/s1. The van der Waals surface area contributed by atoms with Gasteiger partial charge >= 0.3 is 12.4 Å². The van der Waals surface area contributed by atoms with Gasteiger partial charge in [0.2, 0.25) is 0 Å². The van der Waals surface area contributed by atoms with E-state index in [0.717, 1.165) is 23.6 Å². The monoisotopic (exact) mass is 613 g/mol. The average Bonchev–Trinajstić information content (AvgIpc) is 2.99. The highest BCUT2D eigenvalue weighted by molar-refractivity contribution is 5.88. The maximum atomic E-state index is 14.2. The third-order valence-electron chi connectivity index (χ3n) is 7.16. The van der Waals surface area contributed by atoms with Crippen molar-refractivity contribution in [2.45, 2.75) is 30.9 Å². The number of pyridine rings is 2. The van der Waals surface area contributed by atoms with Gasteiger partial charge in [0.05, 0.1) is 17.3 Å². The van der Waals surface area contributed by atoms with E-state index in [1.165, 1.54) is 43.3 Å². The van der Waals surface area contributed by atoms with E-state index in [9.17, 15) is 40.6 Å². The molecule has 44 heavy (non-hydrogen) atoms. The maximum absolute atomic E-state index is 14.2. The molecule has 0 spiro atoms. The summed E-state index contributed by atoms with van der Waals surface area (Å²) in [7, 11) is 0. The van der Waals surface area contributed by atoms with Gasteiger partial charge in [-0.15, -0.1) is 0 Å². The second-order valence-corrected chi connectivity index (χ2v) is 10.0. The third kappa shape index (κ3) is 5.85. The highest BCUT2D eigenvalue weighted by atomic mass is 19.4. The number of benzene rings is 3. The first-order chi connectivity index (χ1) is 20.7. The molecule has 0 aliphatic rings. The summed E-state index contributed by atoms with van der Waals surface area (Å²) in [6.07, 6.45) is -8.75. The highest BCUT2D eigenvalue weighted by Crippen LogP contribution is 2.40. The fraction of sp³-hybridized carbons (Fsp3) is 0.156. The number of aromatic nitrogens is 2. The van der Waals surface area contributed by atoms with Gasteiger partial charge in [-0.25, -0.2) is 14.4 Å². The van der Waals surface area contributed by atoms with E-state index >= 15 is 0 Å². The summed E-state index contributed by atoms with van der Waals surface area (Å²) in [4.78, 5) is 21.6. The Morgan fingerprint density at radius 1 is 0.818 bits per heavy atom. The Morgan fingerprint density at radius 2 is 1.45 bits per heavy atom. The van der Waals surface area contributed by atoms with Crippen LogP contribution in [0.5, 0.6) is 0 Å². The molecule has 0 aliphatic heterocycles. The average molecular weight is 614 g/mol.